The van der Waals surface area contributed by atoms with E-state index in [4.69, 9.17) is 0 Å². The number of carbonyl (C=O) groups is 1. The molecule has 0 aliphatic heterocycles. The molecule has 2 rings (SSSR count). The highest BCUT2D eigenvalue weighted by Crippen LogP contribution is 2.25. The molecule has 0 aliphatic carbocycles. The van der Waals surface area contributed by atoms with Gasteiger partial charge in [0.15, 0.2) is 0 Å². The monoisotopic (exact) mass is 413 g/mol. The fraction of sp³-hybridized carbons (Fsp3) is 0.188. The SMILES string of the molecule is CC(CBr)(NC(=O)c1ccc(F)cc1Br)c1ccccc1. The fourth-order valence-electron chi connectivity index (χ4n) is 1.98. The number of rotatable bonds is 4. The van der Waals surface area contributed by atoms with Crippen LogP contribution in [0.4, 0.5) is 4.39 Å². The van der Waals surface area contributed by atoms with Crippen LogP contribution in [0, 0.1) is 5.82 Å². The summed E-state index contributed by atoms with van der Waals surface area (Å²) in [4.78, 5) is 12.4. The number of amides is 1. The van der Waals surface area contributed by atoms with Crippen molar-refractivity contribution < 1.29 is 9.18 Å². The van der Waals surface area contributed by atoms with E-state index in [9.17, 15) is 9.18 Å². The second-order valence-corrected chi connectivity index (χ2v) is 6.33. The Balaban J connectivity index is 2.28. The van der Waals surface area contributed by atoms with Gasteiger partial charge in [-0.05, 0) is 46.6 Å². The Bertz CT molecular complexity index is 648. The van der Waals surface area contributed by atoms with Gasteiger partial charge in [0.1, 0.15) is 5.82 Å². The molecular weight excluding hydrogens is 401 g/mol. The van der Waals surface area contributed by atoms with Crippen LogP contribution in [0.2, 0.25) is 0 Å². The van der Waals surface area contributed by atoms with Crippen LogP contribution in [0.3, 0.4) is 0 Å². The van der Waals surface area contributed by atoms with E-state index in [1.165, 1.54) is 18.2 Å². The summed E-state index contributed by atoms with van der Waals surface area (Å²) in [5.41, 5.74) is 0.847. The van der Waals surface area contributed by atoms with E-state index >= 15 is 0 Å². The molecule has 110 valence electrons. The minimum atomic E-state index is -0.549. The van der Waals surface area contributed by atoms with Gasteiger partial charge in [0.25, 0.3) is 5.91 Å². The average Bonchev–Trinajstić information content (AvgIpc) is 2.47. The topological polar surface area (TPSA) is 29.1 Å². The highest BCUT2D eigenvalue weighted by molar-refractivity contribution is 9.10. The molecule has 0 saturated carbocycles. The Morgan fingerprint density at radius 3 is 2.48 bits per heavy atom. The molecule has 1 amide bonds. The lowest BCUT2D eigenvalue weighted by Crippen LogP contribution is -2.45. The van der Waals surface area contributed by atoms with Gasteiger partial charge in [-0.1, -0.05) is 46.3 Å². The summed E-state index contributed by atoms with van der Waals surface area (Å²) in [5, 5.41) is 3.56. The fourth-order valence-corrected chi connectivity index (χ4v) is 2.98. The minimum Gasteiger partial charge on any atom is -0.342 e. The Kier molecular flexibility index (Phi) is 5.17. The molecule has 0 aliphatic rings. The third kappa shape index (κ3) is 3.71. The molecule has 1 N–H and O–H groups in total. The molecule has 0 radical (unpaired) electrons. The van der Waals surface area contributed by atoms with E-state index in [0.29, 0.717) is 15.4 Å². The zero-order valence-electron chi connectivity index (χ0n) is 11.4. The molecule has 0 saturated heterocycles. The zero-order chi connectivity index (χ0) is 15.5. The van der Waals surface area contributed by atoms with Crippen LogP contribution < -0.4 is 5.32 Å². The van der Waals surface area contributed by atoms with E-state index in [0.717, 1.165) is 5.56 Å². The van der Waals surface area contributed by atoms with Crippen LogP contribution in [0.25, 0.3) is 0 Å². The summed E-state index contributed by atoms with van der Waals surface area (Å²) in [5.74, 6) is -0.641. The number of carbonyl (C=O) groups excluding carboxylic acids is 1. The van der Waals surface area contributed by atoms with E-state index in [-0.39, 0.29) is 11.7 Å². The quantitative estimate of drug-likeness (QED) is 0.726. The van der Waals surface area contributed by atoms with Crippen molar-refractivity contribution in [3.05, 3.63) is 69.9 Å². The van der Waals surface area contributed by atoms with Gasteiger partial charge in [0.05, 0.1) is 11.1 Å². The van der Waals surface area contributed by atoms with Crippen LogP contribution in [-0.4, -0.2) is 11.2 Å². The summed E-state index contributed by atoms with van der Waals surface area (Å²) in [6.45, 7) is 1.94. The predicted molar refractivity (Wildman–Crippen MR) is 89.2 cm³/mol. The minimum absolute atomic E-state index is 0.257. The molecule has 0 heterocycles. The normalized spacial score (nSPS) is 13.5. The molecule has 0 fully saturated rings. The first-order chi connectivity index (χ1) is 9.96. The van der Waals surface area contributed by atoms with E-state index in [1.54, 1.807) is 0 Å². The van der Waals surface area contributed by atoms with E-state index in [2.05, 4.69) is 37.2 Å². The number of alkyl halides is 1. The van der Waals surface area contributed by atoms with Crippen molar-refractivity contribution in [1.29, 1.82) is 0 Å². The molecular formula is C16H14Br2FNO. The van der Waals surface area contributed by atoms with Gasteiger partial charge in [-0.15, -0.1) is 0 Å². The second-order valence-electron chi connectivity index (χ2n) is 4.91. The molecule has 2 aromatic rings. The highest BCUT2D eigenvalue weighted by atomic mass is 79.9. The molecule has 2 aromatic carbocycles. The highest BCUT2D eigenvalue weighted by Gasteiger charge is 2.28. The van der Waals surface area contributed by atoms with Crippen molar-refractivity contribution in [2.24, 2.45) is 0 Å². The number of hydrogen-bond acceptors (Lipinski definition) is 1. The summed E-state index contributed by atoms with van der Waals surface area (Å²) in [6.07, 6.45) is 0. The third-order valence-electron chi connectivity index (χ3n) is 3.24. The lowest BCUT2D eigenvalue weighted by Gasteiger charge is -2.29. The standard InChI is InChI=1S/C16H14Br2FNO/c1-16(10-17,11-5-3-2-4-6-11)20-15(21)13-8-7-12(19)9-14(13)18/h2-9H,10H2,1H3,(H,20,21). The number of halogens is 3. The predicted octanol–water partition coefficient (Wildman–Crippen LogP) is 4.63. The van der Waals surface area contributed by atoms with Crippen LogP contribution in [-0.2, 0) is 5.54 Å². The average molecular weight is 415 g/mol. The third-order valence-corrected chi connectivity index (χ3v) is 5.02. The first-order valence-electron chi connectivity index (χ1n) is 6.35. The molecule has 0 spiro atoms. The van der Waals surface area contributed by atoms with Gasteiger partial charge in [0, 0.05) is 9.80 Å². The Labute approximate surface area is 140 Å². The van der Waals surface area contributed by atoms with Crippen molar-refractivity contribution in [3.63, 3.8) is 0 Å². The molecule has 0 aromatic heterocycles. The van der Waals surface area contributed by atoms with Gasteiger partial charge < -0.3 is 5.32 Å². The van der Waals surface area contributed by atoms with Gasteiger partial charge >= 0.3 is 0 Å². The van der Waals surface area contributed by atoms with Crippen LogP contribution >= 0.6 is 31.9 Å². The summed E-state index contributed by atoms with van der Waals surface area (Å²) in [6, 6.07) is 13.7. The molecule has 21 heavy (non-hydrogen) atoms. The summed E-state index contributed by atoms with van der Waals surface area (Å²) in [7, 11) is 0. The molecule has 1 unspecified atom stereocenters. The van der Waals surface area contributed by atoms with Gasteiger partial charge in [-0.3, -0.25) is 4.79 Å². The lowest BCUT2D eigenvalue weighted by atomic mass is 9.94. The van der Waals surface area contributed by atoms with Crippen molar-refractivity contribution in [2.75, 3.05) is 5.33 Å². The van der Waals surface area contributed by atoms with E-state index < -0.39 is 5.54 Å². The van der Waals surface area contributed by atoms with Crippen molar-refractivity contribution in [2.45, 2.75) is 12.5 Å². The Morgan fingerprint density at radius 2 is 1.90 bits per heavy atom. The van der Waals surface area contributed by atoms with Gasteiger partial charge in [-0.25, -0.2) is 4.39 Å². The maximum Gasteiger partial charge on any atom is 0.253 e. The first kappa shape index (κ1) is 16.2. The summed E-state index contributed by atoms with van der Waals surface area (Å²) < 4.78 is 13.5. The maximum atomic E-state index is 13.1. The van der Waals surface area contributed by atoms with E-state index in [1.807, 2.05) is 37.3 Å². The van der Waals surface area contributed by atoms with Crippen molar-refractivity contribution in [1.82, 2.24) is 5.32 Å². The Morgan fingerprint density at radius 1 is 1.24 bits per heavy atom. The molecule has 5 heteroatoms. The second kappa shape index (κ2) is 6.71. The molecule has 0 bridgehead atoms. The van der Waals surface area contributed by atoms with Crippen molar-refractivity contribution >= 4 is 37.8 Å². The molecule has 1 atom stereocenters. The number of benzene rings is 2. The first-order valence-corrected chi connectivity index (χ1v) is 8.27. The van der Waals surface area contributed by atoms with Crippen LogP contribution in [0.15, 0.2) is 53.0 Å². The largest absolute Gasteiger partial charge is 0.342 e. The zero-order valence-corrected chi connectivity index (χ0v) is 14.5. The number of nitrogens with one attached hydrogen (secondary N) is 1. The summed E-state index contributed by atoms with van der Waals surface area (Å²) >= 11 is 6.67. The van der Waals surface area contributed by atoms with Gasteiger partial charge in [-0.2, -0.15) is 0 Å². The van der Waals surface area contributed by atoms with Crippen LogP contribution in [0.5, 0.6) is 0 Å². The number of hydrogen-bond donors (Lipinski definition) is 1. The smallest absolute Gasteiger partial charge is 0.253 e. The molecule has 2 nitrogen and oxygen atoms in total. The van der Waals surface area contributed by atoms with Crippen molar-refractivity contribution in [3.8, 4) is 0 Å². The lowest BCUT2D eigenvalue weighted by molar-refractivity contribution is 0.0913. The van der Waals surface area contributed by atoms with Crippen LogP contribution in [0.1, 0.15) is 22.8 Å². The van der Waals surface area contributed by atoms with Gasteiger partial charge in [0.2, 0.25) is 0 Å². The maximum absolute atomic E-state index is 13.1. The Hall–Kier alpha value is -1.20.